The van der Waals surface area contributed by atoms with Crippen LogP contribution in [0, 0.1) is 0 Å². The van der Waals surface area contributed by atoms with Crippen molar-refractivity contribution in [2.45, 2.75) is 18.5 Å². The molecule has 2 unspecified atom stereocenters. The molecule has 0 bridgehead atoms. The van der Waals surface area contributed by atoms with Crippen LogP contribution in [0.25, 0.3) is 0 Å². The minimum Gasteiger partial charge on any atom is -0.379 e. The summed E-state index contributed by atoms with van der Waals surface area (Å²) >= 11 is 1.82. The van der Waals surface area contributed by atoms with Gasteiger partial charge in [0, 0.05) is 44.1 Å². The summed E-state index contributed by atoms with van der Waals surface area (Å²) in [7, 11) is 6.11. The Balaban J connectivity index is 0.00000341. The first kappa shape index (κ1) is 26.1. The molecule has 8 heteroatoms. The summed E-state index contributed by atoms with van der Waals surface area (Å²) in [6.45, 7) is 5.21. The fourth-order valence-electron chi connectivity index (χ4n) is 3.73. The minimum atomic E-state index is 0. The summed E-state index contributed by atoms with van der Waals surface area (Å²) in [6, 6.07) is 15.7. The van der Waals surface area contributed by atoms with E-state index in [1.54, 1.807) is 0 Å². The maximum absolute atomic E-state index is 5.55. The molecule has 2 N–H and O–H groups in total. The van der Waals surface area contributed by atoms with Crippen LogP contribution in [0.1, 0.15) is 16.5 Å². The summed E-state index contributed by atoms with van der Waals surface area (Å²) in [5.41, 5.74) is 1.35. The molecule has 1 aliphatic heterocycles. The van der Waals surface area contributed by atoms with Gasteiger partial charge in [0.25, 0.3) is 0 Å². The van der Waals surface area contributed by atoms with Gasteiger partial charge in [-0.05, 0) is 37.5 Å². The van der Waals surface area contributed by atoms with Crippen molar-refractivity contribution in [3.05, 3.63) is 58.3 Å². The molecule has 1 saturated heterocycles. The van der Waals surface area contributed by atoms with Crippen molar-refractivity contribution >= 4 is 41.3 Å². The number of nitrogens with one attached hydrogen (secondary N) is 2. The molecule has 1 aromatic carbocycles. The van der Waals surface area contributed by atoms with Crippen LogP contribution in [0.5, 0.6) is 0 Å². The molecule has 2 atom stereocenters. The molecule has 6 nitrogen and oxygen atoms in total. The molecule has 3 rings (SSSR count). The van der Waals surface area contributed by atoms with Gasteiger partial charge in [0.1, 0.15) is 0 Å². The van der Waals surface area contributed by atoms with Gasteiger partial charge in [-0.2, -0.15) is 0 Å². The Morgan fingerprint density at radius 2 is 1.81 bits per heavy atom. The highest BCUT2D eigenvalue weighted by molar-refractivity contribution is 14.0. The molecule has 1 aliphatic rings. The average Bonchev–Trinajstić information content (AvgIpc) is 3.31. The number of hydrogen-bond acceptors (Lipinski definition) is 5. The molecule has 0 saturated carbocycles. The SMILES string of the molecule is CN=C(NCC(Cc1ccccc1)N(C)C)NCC(c1cccs1)N1CCOCC1.I. The van der Waals surface area contributed by atoms with E-state index in [9.17, 15) is 0 Å². The van der Waals surface area contributed by atoms with Crippen LogP contribution in [0.15, 0.2) is 52.8 Å². The van der Waals surface area contributed by atoms with Gasteiger partial charge in [-0.1, -0.05) is 36.4 Å². The van der Waals surface area contributed by atoms with Crippen LogP contribution in [0.3, 0.4) is 0 Å². The van der Waals surface area contributed by atoms with Crippen molar-refractivity contribution in [1.29, 1.82) is 0 Å². The Kier molecular flexibility index (Phi) is 11.8. The molecule has 0 spiro atoms. The minimum absolute atomic E-state index is 0. The zero-order chi connectivity index (χ0) is 21.2. The number of rotatable bonds is 9. The van der Waals surface area contributed by atoms with Crippen molar-refractivity contribution in [2.24, 2.45) is 4.99 Å². The van der Waals surface area contributed by atoms with Gasteiger partial charge >= 0.3 is 0 Å². The zero-order valence-electron chi connectivity index (χ0n) is 18.8. The number of hydrogen-bond donors (Lipinski definition) is 2. The molecular weight excluding hydrogens is 521 g/mol. The third-order valence-corrected chi connectivity index (χ3v) is 6.57. The number of likely N-dealkylation sites (N-methyl/N-ethyl adjacent to an activating group) is 1. The third kappa shape index (κ3) is 8.34. The normalized spacial score (nSPS) is 17.1. The fourth-order valence-corrected chi connectivity index (χ4v) is 4.59. The van der Waals surface area contributed by atoms with E-state index in [4.69, 9.17) is 4.74 Å². The lowest BCUT2D eigenvalue weighted by Gasteiger charge is -2.34. The van der Waals surface area contributed by atoms with Crippen molar-refractivity contribution in [2.75, 3.05) is 60.5 Å². The predicted molar refractivity (Wildman–Crippen MR) is 142 cm³/mol. The molecule has 0 aliphatic carbocycles. The second-order valence-corrected chi connectivity index (χ2v) is 8.80. The molecule has 1 aromatic heterocycles. The summed E-state index contributed by atoms with van der Waals surface area (Å²) in [6.07, 6.45) is 1.00. The lowest BCUT2D eigenvalue weighted by molar-refractivity contribution is 0.0177. The molecule has 31 heavy (non-hydrogen) atoms. The maximum Gasteiger partial charge on any atom is 0.191 e. The van der Waals surface area contributed by atoms with Crippen LogP contribution in [0.4, 0.5) is 0 Å². The van der Waals surface area contributed by atoms with Gasteiger partial charge in [0.05, 0.1) is 19.3 Å². The number of guanidine groups is 1. The molecule has 2 aromatic rings. The van der Waals surface area contributed by atoms with Gasteiger partial charge in [0.15, 0.2) is 5.96 Å². The van der Waals surface area contributed by atoms with Crippen LogP contribution in [-0.2, 0) is 11.2 Å². The van der Waals surface area contributed by atoms with Crippen molar-refractivity contribution in [1.82, 2.24) is 20.4 Å². The maximum atomic E-state index is 5.55. The molecule has 1 fully saturated rings. The summed E-state index contributed by atoms with van der Waals surface area (Å²) in [4.78, 5) is 10.6. The first-order chi connectivity index (χ1) is 14.7. The fraction of sp³-hybridized carbons (Fsp3) is 0.522. The highest BCUT2D eigenvalue weighted by atomic mass is 127. The van der Waals surface area contributed by atoms with Crippen LogP contribution in [-0.4, -0.2) is 82.3 Å². The number of morpholine rings is 1. The summed E-state index contributed by atoms with van der Waals surface area (Å²) < 4.78 is 5.55. The lowest BCUT2D eigenvalue weighted by atomic mass is 10.1. The van der Waals surface area contributed by atoms with Crippen LogP contribution >= 0.6 is 35.3 Å². The van der Waals surface area contributed by atoms with E-state index in [0.717, 1.165) is 51.8 Å². The van der Waals surface area contributed by atoms with Gasteiger partial charge in [-0.25, -0.2) is 0 Å². The quantitative estimate of drug-likeness (QED) is 0.282. The van der Waals surface area contributed by atoms with Crippen molar-refractivity contribution in [3.8, 4) is 0 Å². The molecule has 0 amide bonds. The van der Waals surface area contributed by atoms with E-state index in [0.29, 0.717) is 12.1 Å². The molecule has 172 valence electrons. The smallest absolute Gasteiger partial charge is 0.191 e. The van der Waals surface area contributed by atoms with E-state index in [-0.39, 0.29) is 24.0 Å². The molecular formula is C23H36IN5OS. The van der Waals surface area contributed by atoms with Gasteiger partial charge in [-0.15, -0.1) is 35.3 Å². The highest BCUT2D eigenvalue weighted by Crippen LogP contribution is 2.25. The monoisotopic (exact) mass is 557 g/mol. The number of nitrogens with zero attached hydrogens (tertiary/aromatic N) is 3. The first-order valence-corrected chi connectivity index (χ1v) is 11.6. The second-order valence-electron chi connectivity index (χ2n) is 7.82. The van der Waals surface area contributed by atoms with Gasteiger partial charge in [0.2, 0.25) is 0 Å². The van der Waals surface area contributed by atoms with E-state index >= 15 is 0 Å². The Hall–Kier alpha value is -1.20. The number of thiophene rings is 1. The highest BCUT2D eigenvalue weighted by Gasteiger charge is 2.23. The number of aliphatic imine (C=N–C) groups is 1. The van der Waals surface area contributed by atoms with E-state index < -0.39 is 0 Å². The van der Waals surface area contributed by atoms with Crippen LogP contribution < -0.4 is 10.6 Å². The predicted octanol–water partition coefficient (Wildman–Crippen LogP) is 3.08. The van der Waals surface area contributed by atoms with Crippen molar-refractivity contribution in [3.63, 3.8) is 0 Å². The molecule has 0 radical (unpaired) electrons. The largest absolute Gasteiger partial charge is 0.379 e. The van der Waals surface area contributed by atoms with Crippen LogP contribution in [0.2, 0.25) is 0 Å². The Labute approximate surface area is 208 Å². The zero-order valence-corrected chi connectivity index (χ0v) is 21.9. The Morgan fingerprint density at radius 1 is 1.10 bits per heavy atom. The summed E-state index contributed by atoms with van der Waals surface area (Å²) in [5, 5.41) is 9.24. The number of benzene rings is 1. The second kappa shape index (κ2) is 14.1. The first-order valence-electron chi connectivity index (χ1n) is 10.7. The Morgan fingerprint density at radius 3 is 2.42 bits per heavy atom. The Bertz CT molecular complexity index is 751. The third-order valence-electron chi connectivity index (χ3n) is 5.59. The van der Waals surface area contributed by atoms with Gasteiger partial charge in [-0.3, -0.25) is 9.89 Å². The number of ether oxygens (including phenoxy) is 1. The van der Waals surface area contributed by atoms with E-state index in [1.165, 1.54) is 10.4 Å². The van der Waals surface area contributed by atoms with E-state index in [2.05, 4.69) is 87.4 Å². The lowest BCUT2D eigenvalue weighted by Crippen LogP contribution is -2.49. The average molecular weight is 558 g/mol. The van der Waals surface area contributed by atoms with Gasteiger partial charge < -0.3 is 20.3 Å². The van der Waals surface area contributed by atoms with E-state index in [1.807, 2.05) is 18.4 Å². The summed E-state index contributed by atoms with van der Waals surface area (Å²) in [5.74, 6) is 0.852. The number of halogens is 1. The standard InChI is InChI=1S/C23H35N5OS.HI/c1-24-23(25-17-20(27(2)3)16-19-8-5-4-6-9-19)26-18-21(22-10-7-15-30-22)28-11-13-29-14-12-28;/h4-10,15,20-21H,11-14,16-18H2,1-3H3,(H2,24,25,26);1H. The molecule has 2 heterocycles. The van der Waals surface area contributed by atoms with Crippen molar-refractivity contribution < 1.29 is 4.74 Å². The topological polar surface area (TPSA) is 52.1 Å².